The van der Waals surface area contributed by atoms with E-state index in [1.807, 2.05) is 13.8 Å². The van der Waals surface area contributed by atoms with Gasteiger partial charge in [-0.05, 0) is 45.8 Å². The number of aromatic nitrogens is 3. The Morgan fingerprint density at radius 2 is 1.97 bits per heavy atom. The summed E-state index contributed by atoms with van der Waals surface area (Å²) in [4.78, 5) is 28.0. The lowest BCUT2D eigenvalue weighted by Gasteiger charge is -2.25. The number of piperidine rings is 1. The number of carbonyl (C=O) groups is 1. The number of halogens is 1. The molecule has 2 aliphatic heterocycles. The highest BCUT2D eigenvalue weighted by Crippen LogP contribution is 2.28. The second-order valence-corrected chi connectivity index (χ2v) is 8.15. The van der Waals surface area contributed by atoms with Gasteiger partial charge in [0.15, 0.2) is 5.75 Å². The summed E-state index contributed by atoms with van der Waals surface area (Å²) in [6.07, 6.45) is 5.05. The maximum absolute atomic E-state index is 13.3. The Balaban J connectivity index is 1.53. The average Bonchev–Trinajstić information content (AvgIpc) is 3.14. The van der Waals surface area contributed by atoms with Crippen LogP contribution >= 0.6 is 11.6 Å². The molecule has 0 saturated carbocycles. The Hall–Kier alpha value is -2.58. The van der Waals surface area contributed by atoms with Crippen LogP contribution in [0.1, 0.15) is 46.3 Å². The Morgan fingerprint density at radius 1 is 1.27 bits per heavy atom. The summed E-state index contributed by atoms with van der Waals surface area (Å²) in [5.74, 6) is 0.532. The van der Waals surface area contributed by atoms with Gasteiger partial charge in [0, 0.05) is 18.5 Å². The zero-order chi connectivity index (χ0) is 21.3. The van der Waals surface area contributed by atoms with Crippen LogP contribution in [0.2, 0.25) is 5.02 Å². The molecule has 0 spiro atoms. The van der Waals surface area contributed by atoms with Gasteiger partial charge in [-0.25, -0.2) is 9.97 Å². The highest BCUT2D eigenvalue weighted by atomic mass is 35.5. The fourth-order valence-electron chi connectivity index (χ4n) is 3.90. The third kappa shape index (κ3) is 4.15. The van der Waals surface area contributed by atoms with Crippen LogP contribution in [0.3, 0.4) is 0 Å². The van der Waals surface area contributed by atoms with Crippen molar-refractivity contribution >= 4 is 23.2 Å². The van der Waals surface area contributed by atoms with Gasteiger partial charge in [0.1, 0.15) is 11.9 Å². The summed E-state index contributed by atoms with van der Waals surface area (Å²) in [5.41, 5.74) is 2.26. The van der Waals surface area contributed by atoms with Crippen molar-refractivity contribution < 1.29 is 9.53 Å². The Labute approximate surface area is 180 Å². The van der Waals surface area contributed by atoms with Gasteiger partial charge in [0.05, 0.1) is 40.6 Å². The highest BCUT2D eigenvalue weighted by molar-refractivity contribution is 6.31. The van der Waals surface area contributed by atoms with Crippen LogP contribution in [0.15, 0.2) is 18.5 Å². The standard InChI is InChI=1S/C21H25ClN6O2/c1-12-19(22)13(2)27-20(26-12)16-10-28(11-17(16)23)21(29)15-5-8-25-9-18(15)30-14-3-6-24-7-4-14/h5,8-9,14,16,23-24H,3-4,6-7,10-11H2,1-2H3. The fraction of sp³-hybridized carbons (Fsp3) is 0.476. The quantitative estimate of drug-likeness (QED) is 0.775. The first kappa shape index (κ1) is 20.7. The van der Waals surface area contributed by atoms with Gasteiger partial charge >= 0.3 is 0 Å². The summed E-state index contributed by atoms with van der Waals surface area (Å²) in [5, 5.41) is 12.3. The molecule has 4 rings (SSSR count). The van der Waals surface area contributed by atoms with Gasteiger partial charge in [0.2, 0.25) is 0 Å². The monoisotopic (exact) mass is 428 g/mol. The van der Waals surface area contributed by atoms with Crippen LogP contribution in [0.5, 0.6) is 5.75 Å². The molecule has 0 radical (unpaired) electrons. The number of likely N-dealkylation sites (tertiary alicyclic amines) is 1. The first-order chi connectivity index (χ1) is 14.4. The Morgan fingerprint density at radius 3 is 2.67 bits per heavy atom. The van der Waals surface area contributed by atoms with Crippen molar-refractivity contribution in [2.75, 3.05) is 26.2 Å². The van der Waals surface area contributed by atoms with Crippen molar-refractivity contribution in [2.24, 2.45) is 0 Å². The largest absolute Gasteiger partial charge is 0.488 e. The maximum Gasteiger partial charge on any atom is 0.258 e. The van der Waals surface area contributed by atoms with Crippen LogP contribution in [-0.4, -0.2) is 63.8 Å². The van der Waals surface area contributed by atoms with Gasteiger partial charge in [0.25, 0.3) is 5.91 Å². The number of rotatable bonds is 4. The van der Waals surface area contributed by atoms with Crippen LogP contribution in [-0.2, 0) is 0 Å². The number of nitrogens with zero attached hydrogens (tertiary/aromatic N) is 4. The van der Waals surface area contributed by atoms with Crippen molar-refractivity contribution in [3.63, 3.8) is 0 Å². The van der Waals surface area contributed by atoms with E-state index in [1.54, 1.807) is 23.4 Å². The lowest BCUT2D eigenvalue weighted by atomic mass is 10.1. The smallest absolute Gasteiger partial charge is 0.258 e. The maximum atomic E-state index is 13.3. The summed E-state index contributed by atoms with van der Waals surface area (Å²) in [6, 6.07) is 1.68. The molecule has 2 N–H and O–H groups in total. The normalized spacial score (nSPS) is 19.9. The zero-order valence-corrected chi connectivity index (χ0v) is 17.9. The molecule has 0 aromatic carbocycles. The van der Waals surface area contributed by atoms with Gasteiger partial charge in [-0.1, -0.05) is 11.6 Å². The molecule has 2 fully saturated rings. The predicted molar refractivity (Wildman–Crippen MR) is 114 cm³/mol. The predicted octanol–water partition coefficient (Wildman–Crippen LogP) is 2.53. The summed E-state index contributed by atoms with van der Waals surface area (Å²) in [6.45, 7) is 6.04. The van der Waals surface area contributed by atoms with Gasteiger partial charge in [-0.3, -0.25) is 9.78 Å². The minimum Gasteiger partial charge on any atom is -0.488 e. The van der Waals surface area contributed by atoms with Crippen molar-refractivity contribution in [3.05, 3.63) is 46.3 Å². The lowest BCUT2D eigenvalue weighted by Crippen LogP contribution is -2.35. The minimum absolute atomic E-state index is 0.0695. The summed E-state index contributed by atoms with van der Waals surface area (Å²) in [7, 11) is 0. The SMILES string of the molecule is Cc1nc(C2CN(C(=O)c3ccncc3OC3CCNCC3)CC2=N)nc(C)c1Cl. The number of pyridine rings is 1. The molecule has 2 aromatic rings. The molecular formula is C21H25ClN6O2. The number of aryl methyl sites for hydroxylation is 2. The van der Waals surface area contributed by atoms with E-state index < -0.39 is 0 Å². The van der Waals surface area contributed by atoms with Crippen LogP contribution in [0, 0.1) is 19.3 Å². The highest BCUT2D eigenvalue weighted by Gasteiger charge is 2.35. The number of hydrogen-bond acceptors (Lipinski definition) is 7. The van der Waals surface area contributed by atoms with E-state index in [9.17, 15) is 4.79 Å². The second-order valence-electron chi connectivity index (χ2n) is 7.77. The van der Waals surface area contributed by atoms with Crippen molar-refractivity contribution in [2.45, 2.75) is 38.7 Å². The first-order valence-corrected chi connectivity index (χ1v) is 10.5. The third-order valence-corrected chi connectivity index (χ3v) is 6.13. The molecular weight excluding hydrogens is 404 g/mol. The summed E-state index contributed by atoms with van der Waals surface area (Å²) < 4.78 is 6.11. The van der Waals surface area contributed by atoms with E-state index >= 15 is 0 Å². The number of ether oxygens (including phenoxy) is 1. The molecule has 158 valence electrons. The number of carbonyl (C=O) groups excluding carboxylic acids is 1. The molecule has 2 aliphatic rings. The van der Waals surface area contributed by atoms with Crippen molar-refractivity contribution in [1.82, 2.24) is 25.2 Å². The molecule has 2 saturated heterocycles. The van der Waals surface area contributed by atoms with Crippen LogP contribution < -0.4 is 10.1 Å². The topological polar surface area (TPSA) is 104 Å². The Kier molecular flexibility index (Phi) is 5.97. The van der Waals surface area contributed by atoms with E-state index in [2.05, 4.69) is 20.3 Å². The molecule has 8 nitrogen and oxygen atoms in total. The zero-order valence-electron chi connectivity index (χ0n) is 17.1. The van der Waals surface area contributed by atoms with E-state index in [0.717, 1.165) is 25.9 Å². The third-order valence-electron chi connectivity index (χ3n) is 5.58. The van der Waals surface area contributed by atoms with E-state index in [1.165, 1.54) is 0 Å². The van der Waals surface area contributed by atoms with E-state index in [-0.39, 0.29) is 24.5 Å². The van der Waals surface area contributed by atoms with Crippen molar-refractivity contribution in [1.29, 1.82) is 5.41 Å². The molecule has 4 heterocycles. The van der Waals surface area contributed by atoms with Gasteiger partial charge in [-0.15, -0.1) is 0 Å². The van der Waals surface area contributed by atoms with Crippen molar-refractivity contribution in [3.8, 4) is 5.75 Å². The molecule has 1 atom stereocenters. The molecule has 30 heavy (non-hydrogen) atoms. The first-order valence-electron chi connectivity index (χ1n) is 10.1. The molecule has 0 bridgehead atoms. The lowest BCUT2D eigenvalue weighted by molar-refractivity contribution is 0.0784. The van der Waals surface area contributed by atoms with Gasteiger partial charge < -0.3 is 20.4 Å². The summed E-state index contributed by atoms with van der Waals surface area (Å²) >= 11 is 6.18. The minimum atomic E-state index is -0.334. The van der Waals surface area contributed by atoms with Crippen LogP contribution in [0.25, 0.3) is 0 Å². The fourth-order valence-corrected chi connectivity index (χ4v) is 3.99. The van der Waals surface area contributed by atoms with E-state index in [4.69, 9.17) is 21.7 Å². The van der Waals surface area contributed by atoms with Gasteiger partial charge in [-0.2, -0.15) is 0 Å². The Bertz CT molecular complexity index is 953. The second kappa shape index (κ2) is 8.65. The molecule has 9 heteroatoms. The molecule has 1 unspecified atom stereocenters. The number of hydrogen-bond donors (Lipinski definition) is 2. The van der Waals surface area contributed by atoms with E-state index in [0.29, 0.717) is 45.8 Å². The molecule has 1 amide bonds. The molecule has 2 aromatic heterocycles. The van der Waals surface area contributed by atoms with Crippen LogP contribution in [0.4, 0.5) is 0 Å². The average molecular weight is 429 g/mol. The number of nitrogens with one attached hydrogen (secondary N) is 2. The number of amides is 1. The molecule has 0 aliphatic carbocycles.